The first kappa shape index (κ1) is 23.4. The van der Waals surface area contributed by atoms with E-state index in [9.17, 15) is 9.59 Å². The minimum absolute atomic E-state index is 0.296. The van der Waals surface area contributed by atoms with Crippen LogP contribution in [0.1, 0.15) is 61.9 Å². The normalized spacial score (nSPS) is 10.5. The highest BCUT2D eigenvalue weighted by atomic mass is 16.5. The third-order valence-electron chi connectivity index (χ3n) is 4.80. The lowest BCUT2D eigenvalue weighted by Crippen LogP contribution is -2.07. The van der Waals surface area contributed by atoms with Crippen LogP contribution in [0.5, 0.6) is 0 Å². The summed E-state index contributed by atoms with van der Waals surface area (Å²) in [4.78, 5) is 23.4. The van der Waals surface area contributed by atoms with Gasteiger partial charge < -0.3 is 9.47 Å². The van der Waals surface area contributed by atoms with E-state index in [4.69, 9.17) is 9.47 Å². The second-order valence-electron chi connectivity index (χ2n) is 7.49. The van der Waals surface area contributed by atoms with E-state index in [2.05, 4.69) is 37.8 Å². The van der Waals surface area contributed by atoms with Gasteiger partial charge in [-0.2, -0.15) is 0 Å². The summed E-state index contributed by atoms with van der Waals surface area (Å²) in [6.45, 7) is 8.15. The summed E-state index contributed by atoms with van der Waals surface area (Å²) < 4.78 is 10.4. The van der Waals surface area contributed by atoms with Gasteiger partial charge in [-0.25, -0.2) is 9.59 Å². The van der Waals surface area contributed by atoms with Crippen LogP contribution in [0, 0.1) is 0 Å². The summed E-state index contributed by atoms with van der Waals surface area (Å²) in [5, 5.41) is 0. The fraction of sp³-hybridized carbons (Fsp3) is 0.385. The Kier molecular flexibility index (Phi) is 9.85. The number of rotatable bonds is 12. The van der Waals surface area contributed by atoms with Gasteiger partial charge in [-0.1, -0.05) is 56.3 Å². The number of carbonyl (C=O) groups excluding carboxylic acids is 2. The summed E-state index contributed by atoms with van der Waals surface area (Å²) >= 11 is 0. The highest BCUT2D eigenvalue weighted by molar-refractivity contribution is 5.90. The van der Waals surface area contributed by atoms with Crippen molar-refractivity contribution in [2.45, 2.75) is 52.4 Å². The average molecular weight is 409 g/mol. The third kappa shape index (κ3) is 7.86. The Morgan fingerprint density at radius 3 is 1.87 bits per heavy atom. The maximum Gasteiger partial charge on any atom is 0.338 e. The highest BCUT2D eigenvalue weighted by Crippen LogP contribution is 2.21. The molecule has 30 heavy (non-hydrogen) atoms. The van der Waals surface area contributed by atoms with E-state index in [-0.39, 0.29) is 11.9 Å². The average Bonchev–Trinajstić information content (AvgIpc) is 2.76. The Balaban J connectivity index is 1.67. The van der Waals surface area contributed by atoms with E-state index >= 15 is 0 Å². The van der Waals surface area contributed by atoms with Crippen molar-refractivity contribution in [3.63, 3.8) is 0 Å². The zero-order valence-corrected chi connectivity index (χ0v) is 18.1. The largest absolute Gasteiger partial charge is 0.462 e. The van der Waals surface area contributed by atoms with E-state index in [1.165, 1.54) is 5.56 Å². The molecule has 4 heteroatoms. The standard InChI is InChI=1S/C26H32O4/c1-4-9-21-10-12-22(13-11-21)23-14-16-24(17-15-23)26(28)30-19-8-6-5-7-18-29-25(27)20(2)3/h10-17H,2,4-9,18-19H2,1,3H3. The molecule has 4 nitrogen and oxygen atoms in total. The lowest BCUT2D eigenvalue weighted by Gasteiger charge is -2.07. The molecular formula is C26H32O4. The molecule has 0 aromatic heterocycles. The third-order valence-corrected chi connectivity index (χ3v) is 4.80. The fourth-order valence-electron chi connectivity index (χ4n) is 3.05. The summed E-state index contributed by atoms with van der Waals surface area (Å²) in [6.07, 6.45) is 5.67. The van der Waals surface area contributed by atoms with Gasteiger partial charge in [0, 0.05) is 5.57 Å². The molecule has 0 saturated carbocycles. The van der Waals surface area contributed by atoms with Crippen LogP contribution in [0.2, 0.25) is 0 Å². The Morgan fingerprint density at radius 2 is 1.33 bits per heavy atom. The molecule has 0 radical (unpaired) electrons. The Labute approximate surface area is 179 Å². The number of unbranched alkanes of at least 4 members (excludes halogenated alkanes) is 3. The SMILES string of the molecule is C=C(C)C(=O)OCCCCCCOC(=O)c1ccc(-c2ccc(CCC)cc2)cc1. The maximum absolute atomic E-state index is 12.2. The first-order chi connectivity index (χ1) is 14.5. The van der Waals surface area contributed by atoms with Crippen molar-refractivity contribution < 1.29 is 19.1 Å². The quantitative estimate of drug-likeness (QED) is 0.240. The van der Waals surface area contributed by atoms with Crippen molar-refractivity contribution in [2.24, 2.45) is 0 Å². The molecule has 0 fully saturated rings. The Morgan fingerprint density at radius 1 is 0.800 bits per heavy atom. The van der Waals surface area contributed by atoms with Crippen molar-refractivity contribution in [1.29, 1.82) is 0 Å². The van der Waals surface area contributed by atoms with Gasteiger partial charge in [-0.15, -0.1) is 0 Å². The molecule has 2 aromatic rings. The van der Waals surface area contributed by atoms with E-state index in [0.717, 1.165) is 49.7 Å². The zero-order chi connectivity index (χ0) is 21.8. The van der Waals surface area contributed by atoms with Crippen LogP contribution >= 0.6 is 0 Å². The summed E-state index contributed by atoms with van der Waals surface area (Å²) in [5.74, 6) is -0.640. The maximum atomic E-state index is 12.2. The molecule has 0 N–H and O–H groups in total. The molecule has 0 amide bonds. The molecule has 2 rings (SSSR count). The second-order valence-corrected chi connectivity index (χ2v) is 7.49. The number of carbonyl (C=O) groups is 2. The minimum Gasteiger partial charge on any atom is -0.462 e. The summed E-state index contributed by atoms with van der Waals surface area (Å²) in [7, 11) is 0. The van der Waals surface area contributed by atoms with Crippen LogP contribution in [-0.4, -0.2) is 25.2 Å². The summed E-state index contributed by atoms with van der Waals surface area (Å²) in [5.41, 5.74) is 4.55. The monoisotopic (exact) mass is 408 g/mol. The lowest BCUT2D eigenvalue weighted by atomic mass is 10.0. The highest BCUT2D eigenvalue weighted by Gasteiger charge is 2.08. The van der Waals surface area contributed by atoms with Crippen molar-refractivity contribution in [3.05, 3.63) is 71.8 Å². The van der Waals surface area contributed by atoms with Crippen LogP contribution in [0.25, 0.3) is 11.1 Å². The Bertz CT molecular complexity index is 819. The van der Waals surface area contributed by atoms with Gasteiger partial charge in [0.05, 0.1) is 18.8 Å². The molecule has 160 valence electrons. The second kappa shape index (κ2) is 12.6. The van der Waals surface area contributed by atoms with Gasteiger partial charge in [-0.05, 0) is 67.9 Å². The molecule has 0 heterocycles. The lowest BCUT2D eigenvalue weighted by molar-refractivity contribution is -0.139. The minimum atomic E-state index is -0.344. The van der Waals surface area contributed by atoms with Crippen molar-refractivity contribution >= 4 is 11.9 Å². The van der Waals surface area contributed by atoms with Gasteiger partial charge in [0.25, 0.3) is 0 Å². The van der Waals surface area contributed by atoms with Gasteiger partial charge in [0.15, 0.2) is 0 Å². The number of esters is 2. The van der Waals surface area contributed by atoms with Crippen LogP contribution in [0.15, 0.2) is 60.7 Å². The predicted octanol–water partition coefficient (Wildman–Crippen LogP) is 6.14. The topological polar surface area (TPSA) is 52.6 Å². The first-order valence-corrected chi connectivity index (χ1v) is 10.7. The number of hydrogen-bond donors (Lipinski definition) is 0. The zero-order valence-electron chi connectivity index (χ0n) is 18.1. The fourth-order valence-corrected chi connectivity index (χ4v) is 3.05. The van der Waals surface area contributed by atoms with Gasteiger partial charge in [-0.3, -0.25) is 0 Å². The van der Waals surface area contributed by atoms with Crippen molar-refractivity contribution in [2.75, 3.05) is 13.2 Å². The van der Waals surface area contributed by atoms with Crippen LogP contribution < -0.4 is 0 Å². The van der Waals surface area contributed by atoms with Gasteiger partial charge >= 0.3 is 11.9 Å². The first-order valence-electron chi connectivity index (χ1n) is 10.7. The van der Waals surface area contributed by atoms with E-state index in [1.54, 1.807) is 6.92 Å². The number of ether oxygens (including phenoxy) is 2. The number of aryl methyl sites for hydroxylation is 1. The van der Waals surface area contributed by atoms with Crippen molar-refractivity contribution in [1.82, 2.24) is 0 Å². The number of benzene rings is 2. The van der Waals surface area contributed by atoms with Gasteiger partial charge in [0.1, 0.15) is 0 Å². The molecule has 0 unspecified atom stereocenters. The molecule has 0 bridgehead atoms. The smallest absolute Gasteiger partial charge is 0.338 e. The van der Waals surface area contributed by atoms with Crippen LogP contribution in [0.4, 0.5) is 0 Å². The molecule has 0 saturated heterocycles. The number of hydrogen-bond acceptors (Lipinski definition) is 4. The van der Waals surface area contributed by atoms with E-state index < -0.39 is 0 Å². The van der Waals surface area contributed by atoms with Crippen LogP contribution in [0.3, 0.4) is 0 Å². The molecule has 0 aliphatic rings. The molecular weight excluding hydrogens is 376 g/mol. The van der Waals surface area contributed by atoms with Crippen LogP contribution in [-0.2, 0) is 20.7 Å². The molecule has 0 atom stereocenters. The van der Waals surface area contributed by atoms with Gasteiger partial charge in [0.2, 0.25) is 0 Å². The van der Waals surface area contributed by atoms with Crippen molar-refractivity contribution in [3.8, 4) is 11.1 Å². The summed E-state index contributed by atoms with van der Waals surface area (Å²) in [6, 6.07) is 16.1. The van der Waals surface area contributed by atoms with E-state index in [0.29, 0.717) is 24.4 Å². The molecule has 0 spiro atoms. The molecule has 0 aliphatic heterocycles. The van der Waals surface area contributed by atoms with E-state index in [1.807, 2.05) is 24.3 Å². The predicted molar refractivity (Wildman–Crippen MR) is 120 cm³/mol. The Hall–Kier alpha value is -2.88. The molecule has 2 aromatic carbocycles. The molecule has 0 aliphatic carbocycles.